The molecular formula is C46H46O15. The van der Waals surface area contributed by atoms with Crippen LogP contribution in [-0.4, -0.2) is 110 Å². The fourth-order valence-electron chi connectivity index (χ4n) is 7.68. The Morgan fingerprint density at radius 3 is 1.41 bits per heavy atom. The highest BCUT2D eigenvalue weighted by atomic mass is 16.9. The molecule has 61 heavy (non-hydrogen) atoms. The average molecular weight is 839 g/mol. The van der Waals surface area contributed by atoms with Gasteiger partial charge in [0, 0.05) is 0 Å². The fraction of sp³-hybridized carbons (Fsp3) is 0.391. The Bertz CT molecular complexity index is 2150. The Morgan fingerprint density at radius 2 is 0.885 bits per heavy atom. The highest BCUT2D eigenvalue weighted by Gasteiger charge is 2.61. The Hall–Kier alpha value is -5.52. The van der Waals surface area contributed by atoms with Gasteiger partial charge in [-0.15, -0.1) is 0 Å². The minimum atomic E-state index is -1.60. The number of ether oxygens (including phenoxy) is 11. The summed E-state index contributed by atoms with van der Waals surface area (Å²) in [6.07, 6.45) is -11.3. The summed E-state index contributed by atoms with van der Waals surface area (Å²) in [6.45, 7) is 6.29. The first-order valence-corrected chi connectivity index (χ1v) is 20.0. The van der Waals surface area contributed by atoms with Crippen molar-refractivity contribution in [2.75, 3.05) is 13.2 Å². The van der Waals surface area contributed by atoms with E-state index in [1.54, 1.807) is 137 Å². The predicted octanol–water partition coefficient (Wildman–Crippen LogP) is 5.66. The molecule has 4 aliphatic rings. The highest BCUT2D eigenvalue weighted by Crippen LogP contribution is 2.44. The van der Waals surface area contributed by atoms with Gasteiger partial charge < -0.3 is 52.1 Å². The topological polar surface area (TPSA) is 170 Å². The molecule has 4 heterocycles. The first kappa shape index (κ1) is 42.2. The van der Waals surface area contributed by atoms with Gasteiger partial charge in [-0.05, 0) is 76.2 Å². The van der Waals surface area contributed by atoms with E-state index in [4.69, 9.17) is 52.1 Å². The van der Waals surface area contributed by atoms with E-state index in [1.165, 1.54) is 12.1 Å². The van der Waals surface area contributed by atoms with Crippen LogP contribution >= 0.6 is 0 Å². The lowest BCUT2D eigenvalue weighted by Crippen LogP contribution is -2.64. The number of rotatable bonds is 12. The molecule has 8 rings (SSSR count). The zero-order chi connectivity index (χ0) is 42.7. The van der Waals surface area contributed by atoms with E-state index in [-0.39, 0.29) is 28.9 Å². The van der Waals surface area contributed by atoms with Crippen molar-refractivity contribution in [3.8, 4) is 0 Å². The minimum Gasteiger partial charge on any atom is -0.459 e. The van der Waals surface area contributed by atoms with Crippen molar-refractivity contribution in [2.45, 2.75) is 101 Å². The second kappa shape index (κ2) is 17.8. The quantitative estimate of drug-likeness (QED) is 0.126. The molecule has 10 atom stereocenters. The number of hydrogen-bond donors (Lipinski definition) is 0. The molecule has 15 nitrogen and oxygen atoms in total. The molecule has 0 saturated carbocycles. The van der Waals surface area contributed by atoms with Crippen molar-refractivity contribution in [3.63, 3.8) is 0 Å². The van der Waals surface area contributed by atoms with Crippen LogP contribution in [-0.2, 0) is 52.1 Å². The van der Waals surface area contributed by atoms with Crippen LogP contribution in [0.2, 0.25) is 0 Å². The van der Waals surface area contributed by atoms with Gasteiger partial charge in [-0.1, -0.05) is 72.8 Å². The van der Waals surface area contributed by atoms with Crippen molar-refractivity contribution in [3.05, 3.63) is 144 Å². The molecular weight excluding hydrogens is 792 g/mol. The average Bonchev–Trinajstić information content (AvgIpc) is 3.78. The van der Waals surface area contributed by atoms with Gasteiger partial charge in [0.2, 0.25) is 0 Å². The van der Waals surface area contributed by atoms with E-state index >= 15 is 0 Å². The van der Waals surface area contributed by atoms with E-state index in [9.17, 15) is 19.2 Å². The smallest absolute Gasteiger partial charge is 0.338 e. The van der Waals surface area contributed by atoms with Crippen molar-refractivity contribution in [1.29, 1.82) is 0 Å². The van der Waals surface area contributed by atoms with Crippen LogP contribution in [0, 0.1) is 0 Å². The lowest BCUT2D eigenvalue weighted by molar-refractivity contribution is -0.313. The van der Waals surface area contributed by atoms with Crippen LogP contribution < -0.4 is 0 Å². The first-order chi connectivity index (χ1) is 29.3. The largest absolute Gasteiger partial charge is 0.459 e. The van der Waals surface area contributed by atoms with Gasteiger partial charge in [-0.25, -0.2) is 19.2 Å². The maximum absolute atomic E-state index is 14.0. The third kappa shape index (κ3) is 9.68. The molecule has 4 aromatic rings. The van der Waals surface area contributed by atoms with Gasteiger partial charge in [-0.2, -0.15) is 0 Å². The van der Waals surface area contributed by atoms with Crippen LogP contribution in [0.4, 0.5) is 0 Å². The predicted molar refractivity (Wildman–Crippen MR) is 211 cm³/mol. The Balaban J connectivity index is 1.16. The summed E-state index contributed by atoms with van der Waals surface area (Å²) < 4.78 is 68.4. The summed E-state index contributed by atoms with van der Waals surface area (Å²) in [4.78, 5) is 55.1. The van der Waals surface area contributed by atoms with E-state index in [0.29, 0.717) is 0 Å². The van der Waals surface area contributed by atoms with Crippen LogP contribution in [0.3, 0.4) is 0 Å². The number of hydrogen-bond acceptors (Lipinski definition) is 15. The van der Waals surface area contributed by atoms with E-state index in [0.717, 1.165) is 0 Å². The molecule has 4 fully saturated rings. The van der Waals surface area contributed by atoms with Gasteiger partial charge in [-0.3, -0.25) is 0 Å². The monoisotopic (exact) mass is 838 g/mol. The van der Waals surface area contributed by atoms with Gasteiger partial charge in [0.25, 0.3) is 0 Å². The molecule has 0 bridgehead atoms. The van der Waals surface area contributed by atoms with Crippen LogP contribution in [0.15, 0.2) is 121 Å². The third-order valence-corrected chi connectivity index (χ3v) is 10.4. The molecule has 0 unspecified atom stereocenters. The standard InChI is InChI=1S/C46H46O15/c1-45(2)58-34-32(54-44-38(36(34)59-45)60-46(3,4)61-44)26-52-43-37(57-42(50)30-23-15-8-16-24-30)35(56-41(49)29-21-13-7-14-22-29)33(55-40(48)28-19-11-6-12-20-28)31(53-43)25-51-39(47)27-17-9-5-10-18-27/h5-24,31-38,43-44H,25-26H2,1-4H3/t31-,32-,33+,34-,35+,36+,37-,38-,43-,44-/m1/s1. The molecule has 4 aliphatic heterocycles. The molecule has 0 spiro atoms. The number of carbonyl (C=O) groups excluding carboxylic acids is 4. The number of benzene rings is 4. The van der Waals surface area contributed by atoms with E-state index in [2.05, 4.69) is 0 Å². The summed E-state index contributed by atoms with van der Waals surface area (Å²) in [7, 11) is 0. The maximum atomic E-state index is 14.0. The molecule has 0 aliphatic carbocycles. The van der Waals surface area contributed by atoms with Crippen molar-refractivity contribution >= 4 is 23.9 Å². The molecule has 15 heteroatoms. The Morgan fingerprint density at radius 1 is 0.459 bits per heavy atom. The molecule has 0 N–H and O–H groups in total. The normalized spacial score (nSPS) is 29.6. The molecule has 320 valence electrons. The fourth-order valence-corrected chi connectivity index (χ4v) is 7.68. The van der Waals surface area contributed by atoms with Gasteiger partial charge in [0.1, 0.15) is 37.1 Å². The van der Waals surface area contributed by atoms with Crippen molar-refractivity contribution in [1.82, 2.24) is 0 Å². The molecule has 0 amide bonds. The van der Waals surface area contributed by atoms with E-state index in [1.807, 2.05) is 0 Å². The summed E-state index contributed by atoms with van der Waals surface area (Å²) in [5.74, 6) is -5.18. The maximum Gasteiger partial charge on any atom is 0.338 e. The van der Waals surface area contributed by atoms with Crippen molar-refractivity contribution in [2.24, 2.45) is 0 Å². The minimum absolute atomic E-state index is 0.152. The Labute approximate surface area is 352 Å². The van der Waals surface area contributed by atoms with E-state index < -0.39 is 103 Å². The Kier molecular flexibility index (Phi) is 12.3. The second-order valence-electron chi connectivity index (χ2n) is 15.8. The van der Waals surface area contributed by atoms with Crippen molar-refractivity contribution < 1.29 is 71.3 Å². The molecule has 4 saturated heterocycles. The third-order valence-electron chi connectivity index (χ3n) is 10.4. The van der Waals surface area contributed by atoms with Crippen LogP contribution in [0.1, 0.15) is 69.1 Å². The molecule has 0 radical (unpaired) electrons. The second-order valence-corrected chi connectivity index (χ2v) is 15.8. The summed E-state index contributed by atoms with van der Waals surface area (Å²) >= 11 is 0. The zero-order valence-corrected chi connectivity index (χ0v) is 33.9. The van der Waals surface area contributed by atoms with Crippen LogP contribution in [0.25, 0.3) is 0 Å². The summed E-state index contributed by atoms with van der Waals surface area (Å²) in [6, 6.07) is 32.6. The lowest BCUT2D eigenvalue weighted by atomic mass is 9.97. The first-order valence-electron chi connectivity index (χ1n) is 20.0. The number of esters is 4. The van der Waals surface area contributed by atoms with Gasteiger partial charge in [0.15, 0.2) is 42.5 Å². The molecule has 4 aromatic carbocycles. The summed E-state index contributed by atoms with van der Waals surface area (Å²) in [5, 5.41) is 0. The lowest BCUT2D eigenvalue weighted by Gasteiger charge is -2.45. The zero-order valence-electron chi connectivity index (χ0n) is 33.9. The number of fused-ring (bicyclic) bond motifs is 3. The highest BCUT2D eigenvalue weighted by molar-refractivity contribution is 5.91. The van der Waals surface area contributed by atoms with Gasteiger partial charge >= 0.3 is 23.9 Å². The SMILES string of the molecule is CC1(C)O[C@H]2O[C@H](CO[C@@H]3O[C@H](COC(=O)c4ccccc4)[C@H](OC(=O)c4ccccc4)[C@H](OC(=O)c4ccccc4)[C@H]3OC(=O)c3ccccc3)[C@H]3OC(C)(C)O[C@@H]3[C@H]2O1. The van der Waals surface area contributed by atoms with Crippen LogP contribution in [0.5, 0.6) is 0 Å². The number of carbonyl (C=O) groups is 4. The summed E-state index contributed by atoms with van der Waals surface area (Å²) in [5.41, 5.74) is 0.724. The van der Waals surface area contributed by atoms with Gasteiger partial charge in [0.05, 0.1) is 28.9 Å². The molecule has 0 aromatic heterocycles.